The SMILES string of the molecule is Brc1ccccc1-c1ccc(-c2cccc3ccccc23)nc1.[B]B([B])B([B])B(B([B])[B])B(B(B(B([B])[B])B([B])[B])B(B([B])[B])B([B])[B])B(B(B(B([B])[B])B([B])[B])B(B([B])[B])B([B])[B])B(B(B(B(B([B])[B])B([B])[B])B(B([B])[B])B([B])[B])B(B(B([B])[B])B([B])[B])B(B([B])[B])B([B])[B])B(B(B(B([B])[B])B([B])[B])B(B([B])[B])B([B])[B])B(B(B([B])[B])B([B])[B])B(B([B])[B])B([B])[B]. The maximum absolute atomic E-state index is 7.56. The Bertz CT molecular complexity index is 3270. The van der Waals surface area contributed by atoms with Crippen molar-refractivity contribution in [3.05, 3.63) is 89.5 Å². The van der Waals surface area contributed by atoms with E-state index in [1.165, 1.54) is 16.3 Å². The highest BCUT2D eigenvalue weighted by Crippen LogP contribution is 2.34. The van der Waals surface area contributed by atoms with E-state index in [4.69, 9.17) is 415 Å². The van der Waals surface area contributed by atoms with Crippen molar-refractivity contribution in [2.45, 2.75) is 0 Å². The highest BCUT2D eigenvalue weighted by molar-refractivity contribution is 9.10. The molecule has 106 radical (unpaired) electrons. The molecule has 1 nitrogen and oxygen atoms in total. The number of rotatable bonds is 52. The molecule has 106 heteroatoms. The zero-order chi connectivity index (χ0) is 98.1. The molecule has 0 spiro atoms. The number of fused-ring (bicyclic) bond motifs is 1. The van der Waals surface area contributed by atoms with Gasteiger partial charge in [-0.1, -0.05) is 82.7 Å². The first kappa shape index (κ1) is 125. The molecule has 1 aromatic heterocycles. The Hall–Kier alpha value is 4.30. The van der Waals surface area contributed by atoms with Gasteiger partial charge < -0.3 is 0 Å². The lowest BCUT2D eigenvalue weighted by atomic mass is 8.18. The van der Waals surface area contributed by atoms with E-state index in [1.54, 1.807) is 0 Å². The van der Waals surface area contributed by atoms with Crippen LogP contribution in [0.4, 0.5) is 0 Å². The van der Waals surface area contributed by atoms with E-state index in [-0.39, 0.29) is 0 Å². The van der Waals surface area contributed by atoms with Crippen molar-refractivity contribution in [1.82, 2.24) is 4.98 Å². The maximum atomic E-state index is 7.56. The van der Waals surface area contributed by atoms with Crippen LogP contribution < -0.4 is 0 Å². The number of hydrogen-bond donors (Lipinski definition) is 0. The van der Waals surface area contributed by atoms with Crippen LogP contribution in [0.2, 0.25) is 0 Å². The molecular weight excluding hydrogens is 1470 g/mol. The Labute approximate surface area is 870 Å². The summed E-state index contributed by atoms with van der Waals surface area (Å²) in [4.78, 5) is 4.70. The van der Waals surface area contributed by atoms with Crippen LogP contribution >= 0.6 is 15.9 Å². The second-order valence-electron chi connectivity index (χ2n) is 34.9. The molecule has 0 aliphatic rings. The first-order valence-electron chi connectivity index (χ1n) is 41.9. The largest absolute Gasteiger partial charge is 0.256 e. The van der Waals surface area contributed by atoms with E-state index < -0.39 is 326 Å². The molecule has 0 bridgehead atoms. The summed E-state index contributed by atoms with van der Waals surface area (Å²) in [5.74, 6) is 0. The molecule has 127 heavy (non-hydrogen) atoms. The number of aromatic nitrogens is 1. The topological polar surface area (TPSA) is 12.9 Å². The third-order valence-corrected chi connectivity index (χ3v) is 26.9. The van der Waals surface area contributed by atoms with Crippen LogP contribution in [-0.4, -0.2) is 741 Å². The molecule has 0 saturated carbocycles. The first-order chi connectivity index (χ1) is 58.6. The predicted octanol–water partition coefficient (Wildman–Crippen LogP) is -33.3. The number of nitrogens with zero attached hydrogens (tertiary/aromatic N) is 1. The standard InChI is InChI=1S/C21H14BrN.B104/c22-20-11-4-3-9-18(20)16-12-13-21(23-14-16)19-10-5-7-15-6-1-2-8-17(15)19;1-54(2)80(53)93(79(51)52)100(94(81(55(3)4)56(5)6)82(57(7)8)58(9)10)103(99(91(75(43)44)76(45)46)92(77(47)48)78(49)50)104(101(95(83(59(11)12)60(13)14)84(61(15)16)62(17)18)96(85(63(19)20)64(21)22)86(65(23)24)66(25)26)102(97(87(67(27)28)68(29)30)88(69(31)32)70(33)34)98(89(71(35)36)72(37)38)90(73(39)40)74(41)42/h1-14H;. The van der Waals surface area contributed by atoms with Gasteiger partial charge in [-0.2, -0.15) is 0 Å². The van der Waals surface area contributed by atoms with Crippen LogP contribution in [0.5, 0.6) is 0 Å². The van der Waals surface area contributed by atoms with Gasteiger partial charge in [0.1, 0.15) is 0 Å². The highest BCUT2D eigenvalue weighted by Gasteiger charge is 2.69. The lowest BCUT2D eigenvalue weighted by molar-refractivity contribution is 1.33. The van der Waals surface area contributed by atoms with Crippen molar-refractivity contribution in [3.63, 3.8) is 0 Å². The van der Waals surface area contributed by atoms with Crippen LogP contribution in [0.1, 0.15) is 0 Å². The molecule has 4 aromatic rings. The zero-order valence-corrected chi connectivity index (χ0v) is 74.0. The summed E-state index contributed by atoms with van der Waals surface area (Å²) in [5, 5.41) is 2.47. The molecule has 0 saturated heterocycles. The molecule has 0 N–H and O–H groups in total. The molecule has 1 heterocycles. The van der Waals surface area contributed by atoms with Crippen molar-refractivity contribution < 1.29 is 0 Å². The Morgan fingerprint density at radius 1 is 0.165 bits per heavy atom. The van der Waals surface area contributed by atoms with Crippen molar-refractivity contribution in [2.24, 2.45) is 0 Å². The Kier molecular flexibility index (Phi) is 57.6. The summed E-state index contributed by atoms with van der Waals surface area (Å²) in [7, 11) is 379. The van der Waals surface area contributed by atoms with Gasteiger partial charge in [-0.3, -0.25) is 4.98 Å². The predicted molar refractivity (Wildman–Crippen MR) is 699 cm³/mol. The molecule has 0 aliphatic heterocycles. The fourth-order valence-corrected chi connectivity index (χ4v) is 22.1. The molecule has 3 aromatic carbocycles. The summed E-state index contributed by atoms with van der Waals surface area (Å²) in [6.07, 6.45) is -97.3. The lowest BCUT2D eigenvalue weighted by Crippen LogP contribution is -3.01. The van der Waals surface area contributed by atoms with Gasteiger partial charge in [0.2, 0.25) is 0 Å². The van der Waals surface area contributed by atoms with Crippen LogP contribution in [-0.2, 0) is 0 Å². The van der Waals surface area contributed by atoms with Gasteiger partial charge in [0.15, 0.2) is 0 Å². The minimum atomic E-state index is -2.40. The Morgan fingerprint density at radius 2 is 0.346 bits per heavy atom. The van der Waals surface area contributed by atoms with E-state index in [0.717, 1.165) is 21.3 Å². The second-order valence-corrected chi connectivity index (χ2v) is 35.7. The smallest absolute Gasteiger partial charge is 0.0708 e. The van der Waals surface area contributed by atoms with E-state index in [1.807, 2.05) is 24.4 Å². The van der Waals surface area contributed by atoms with Crippen LogP contribution in [0.25, 0.3) is 33.2 Å². The summed E-state index contributed by atoms with van der Waals surface area (Å²) >= 11 is 3.60. The van der Waals surface area contributed by atoms with Crippen LogP contribution in [0.3, 0.4) is 0 Å². The fraction of sp³-hybridized carbons (Fsp3) is 0. The fourth-order valence-electron chi connectivity index (χ4n) is 21.6. The van der Waals surface area contributed by atoms with E-state index in [2.05, 4.69) is 76.6 Å². The number of pyridine rings is 1. The van der Waals surface area contributed by atoms with Gasteiger partial charge in [0.25, 0.3) is 0 Å². The second kappa shape index (κ2) is 58.3. The first-order valence-corrected chi connectivity index (χ1v) is 42.6. The Balaban J connectivity index is 0.00000152. The van der Waals surface area contributed by atoms with Crippen molar-refractivity contribution >= 4 is 762 Å². The molecule has 0 fully saturated rings. The average molecular weight is 1480 g/mol. The van der Waals surface area contributed by atoms with Crippen molar-refractivity contribution in [1.29, 1.82) is 0 Å². The molecule has 0 amide bonds. The van der Waals surface area contributed by atoms with Crippen molar-refractivity contribution in [3.8, 4) is 22.4 Å². The summed E-state index contributed by atoms with van der Waals surface area (Å²) < 4.78 is 1.08. The van der Waals surface area contributed by atoms with E-state index >= 15 is 0 Å². The minimum absolute atomic E-state index is 0.998. The maximum Gasteiger partial charge on any atom is 0.0708 e. The van der Waals surface area contributed by atoms with Gasteiger partial charge in [0, 0.05) is 758 Å². The highest BCUT2D eigenvalue weighted by atomic mass is 79.9. The molecule has 0 aliphatic carbocycles. The molecule has 0 atom stereocenters. The van der Waals surface area contributed by atoms with Gasteiger partial charge in [-0.05, 0) is 28.5 Å². The normalized spacial score (nSPS) is 10.0. The van der Waals surface area contributed by atoms with Gasteiger partial charge in [-0.25, -0.2) is 0 Å². The van der Waals surface area contributed by atoms with E-state index in [0.29, 0.717) is 0 Å². The minimum Gasteiger partial charge on any atom is -0.256 e. The zero-order valence-electron chi connectivity index (χ0n) is 72.5. The summed E-state index contributed by atoms with van der Waals surface area (Å²) in [6, 6.07) is 27.2. The van der Waals surface area contributed by atoms with E-state index in [9.17, 15) is 0 Å². The Morgan fingerprint density at radius 3 is 0.543 bits per heavy atom. The summed E-state index contributed by atoms with van der Waals surface area (Å²) in [5.41, 5.74) is 4.44. The average Bonchev–Trinajstić information content (AvgIpc) is 0.704. The number of benzene rings is 3. The summed E-state index contributed by atoms with van der Waals surface area (Å²) in [6.45, 7) is 0. The van der Waals surface area contributed by atoms with Crippen LogP contribution in [0.15, 0.2) is 89.5 Å². The quantitative estimate of drug-likeness (QED) is 0.0402. The van der Waals surface area contributed by atoms with Crippen LogP contribution in [0, 0.1) is 0 Å². The third-order valence-electron chi connectivity index (χ3n) is 26.2. The lowest BCUT2D eigenvalue weighted by Gasteiger charge is -2.63. The van der Waals surface area contributed by atoms with Gasteiger partial charge in [-0.15, -0.1) is 0 Å². The molecular formula is C21H14B104BrN. The molecule has 422 valence electrons. The number of hydrogen-bond acceptors (Lipinski definition) is 1. The van der Waals surface area contributed by atoms with Gasteiger partial charge in [0.05, 0.1) is 5.69 Å². The third kappa shape index (κ3) is 33.2. The molecule has 0 unspecified atom stereocenters. The number of halogens is 1. The van der Waals surface area contributed by atoms with Crippen molar-refractivity contribution in [2.75, 3.05) is 0 Å². The molecule has 4 rings (SSSR count). The van der Waals surface area contributed by atoms with Gasteiger partial charge >= 0.3 is 0 Å². The monoisotopic (exact) mass is 1500 g/mol.